The minimum Gasteiger partial charge on any atom is -0.423 e. The number of hydrogen-bond donors (Lipinski definition) is 1. The lowest BCUT2D eigenvalue weighted by molar-refractivity contribution is -0.0259. The second-order valence-corrected chi connectivity index (χ2v) is 5.55. The summed E-state index contributed by atoms with van der Waals surface area (Å²) >= 11 is 0. The molecule has 2 aromatic rings. The van der Waals surface area contributed by atoms with Crippen LogP contribution in [0.25, 0.3) is 11.0 Å². The van der Waals surface area contributed by atoms with E-state index in [2.05, 4.69) is 4.90 Å². The minimum atomic E-state index is -0.299. The molecule has 1 aliphatic rings. The lowest BCUT2D eigenvalue weighted by Crippen LogP contribution is -2.45. The Labute approximate surface area is 123 Å². The van der Waals surface area contributed by atoms with Crippen LogP contribution in [-0.2, 0) is 11.3 Å². The zero-order chi connectivity index (χ0) is 14.8. The van der Waals surface area contributed by atoms with Gasteiger partial charge >= 0.3 is 5.63 Å². The predicted octanol–water partition coefficient (Wildman–Crippen LogP) is 1.26. The number of ether oxygens (including phenoxy) is 1. The zero-order valence-corrected chi connectivity index (χ0v) is 12.2. The third kappa shape index (κ3) is 3.15. The molecule has 0 amide bonds. The van der Waals surface area contributed by atoms with Gasteiger partial charge in [-0.05, 0) is 24.1 Å². The Kier molecular flexibility index (Phi) is 4.05. The summed E-state index contributed by atoms with van der Waals surface area (Å²) in [5.41, 5.74) is 8.11. The second kappa shape index (κ2) is 5.97. The third-order valence-corrected chi connectivity index (χ3v) is 3.87. The maximum Gasteiger partial charge on any atom is 0.336 e. The molecule has 1 aromatic heterocycles. The van der Waals surface area contributed by atoms with Crippen molar-refractivity contribution in [1.29, 1.82) is 0 Å². The molecule has 1 saturated heterocycles. The number of fused-ring (bicyclic) bond motifs is 1. The van der Waals surface area contributed by atoms with Crippen LogP contribution in [0.4, 0.5) is 0 Å². The first kappa shape index (κ1) is 14.3. The Hall–Kier alpha value is -1.69. The maximum absolute atomic E-state index is 11.7. The van der Waals surface area contributed by atoms with Crippen LogP contribution in [0, 0.1) is 6.92 Å². The molecule has 1 aromatic carbocycles. The van der Waals surface area contributed by atoms with Crippen molar-refractivity contribution in [2.75, 3.05) is 26.2 Å². The number of morpholine rings is 1. The van der Waals surface area contributed by atoms with E-state index in [9.17, 15) is 4.79 Å². The van der Waals surface area contributed by atoms with E-state index in [1.807, 2.05) is 25.1 Å². The molecule has 1 unspecified atom stereocenters. The van der Waals surface area contributed by atoms with Crippen molar-refractivity contribution in [3.05, 3.63) is 45.8 Å². The van der Waals surface area contributed by atoms with Crippen LogP contribution in [-0.4, -0.2) is 37.2 Å². The van der Waals surface area contributed by atoms with Crippen LogP contribution in [0.3, 0.4) is 0 Å². The van der Waals surface area contributed by atoms with Crippen molar-refractivity contribution < 1.29 is 9.15 Å². The molecular formula is C16H20N2O3. The van der Waals surface area contributed by atoms with Crippen molar-refractivity contribution in [2.45, 2.75) is 19.6 Å². The monoisotopic (exact) mass is 288 g/mol. The van der Waals surface area contributed by atoms with E-state index in [1.54, 1.807) is 6.07 Å². The third-order valence-electron chi connectivity index (χ3n) is 3.87. The van der Waals surface area contributed by atoms with Gasteiger partial charge in [-0.25, -0.2) is 4.79 Å². The summed E-state index contributed by atoms with van der Waals surface area (Å²) in [4.78, 5) is 14.0. The molecular weight excluding hydrogens is 268 g/mol. The fourth-order valence-electron chi connectivity index (χ4n) is 2.78. The smallest absolute Gasteiger partial charge is 0.336 e. The summed E-state index contributed by atoms with van der Waals surface area (Å²) in [5, 5.41) is 0.996. The van der Waals surface area contributed by atoms with Gasteiger partial charge in [0.05, 0.1) is 12.7 Å². The van der Waals surface area contributed by atoms with Crippen LogP contribution >= 0.6 is 0 Å². The van der Waals surface area contributed by atoms with E-state index >= 15 is 0 Å². The van der Waals surface area contributed by atoms with Crippen molar-refractivity contribution >= 4 is 11.0 Å². The molecule has 1 atom stereocenters. The highest BCUT2D eigenvalue weighted by molar-refractivity contribution is 5.80. The van der Waals surface area contributed by atoms with E-state index in [1.165, 1.54) is 0 Å². The lowest BCUT2D eigenvalue weighted by atomic mass is 10.1. The molecule has 0 bridgehead atoms. The van der Waals surface area contributed by atoms with E-state index < -0.39 is 0 Å². The molecule has 3 rings (SSSR count). The van der Waals surface area contributed by atoms with Gasteiger partial charge in [0.2, 0.25) is 0 Å². The van der Waals surface area contributed by atoms with E-state index in [-0.39, 0.29) is 11.7 Å². The highest BCUT2D eigenvalue weighted by Crippen LogP contribution is 2.20. The number of nitrogens with two attached hydrogens (primary N) is 1. The Morgan fingerprint density at radius 1 is 1.38 bits per heavy atom. The van der Waals surface area contributed by atoms with Crippen LogP contribution in [0.15, 0.2) is 33.5 Å². The van der Waals surface area contributed by atoms with Gasteiger partial charge in [0.15, 0.2) is 0 Å². The summed E-state index contributed by atoms with van der Waals surface area (Å²) in [5.74, 6) is 0. The van der Waals surface area contributed by atoms with Crippen molar-refractivity contribution in [2.24, 2.45) is 5.73 Å². The first-order valence-electron chi connectivity index (χ1n) is 7.23. The number of benzene rings is 1. The molecule has 2 N–H and O–H groups in total. The standard InChI is InChI=1S/C16H20N2O3/c1-11-2-3-14-12(7-16(19)21-15(14)6-11)9-18-4-5-20-13(8-17)10-18/h2-3,6-7,13H,4-5,8-10,17H2,1H3. The summed E-state index contributed by atoms with van der Waals surface area (Å²) in [7, 11) is 0. The minimum absolute atomic E-state index is 0.0763. The molecule has 0 saturated carbocycles. The Bertz CT molecular complexity index is 695. The summed E-state index contributed by atoms with van der Waals surface area (Å²) in [6.07, 6.45) is 0.0763. The molecule has 2 heterocycles. The largest absolute Gasteiger partial charge is 0.423 e. The fraction of sp³-hybridized carbons (Fsp3) is 0.438. The number of aryl methyl sites for hydroxylation is 1. The average Bonchev–Trinajstić information content (AvgIpc) is 2.46. The molecule has 5 nitrogen and oxygen atoms in total. The van der Waals surface area contributed by atoms with Crippen molar-refractivity contribution in [3.8, 4) is 0 Å². The second-order valence-electron chi connectivity index (χ2n) is 5.55. The van der Waals surface area contributed by atoms with Gasteiger partial charge in [-0.15, -0.1) is 0 Å². The normalized spacial score (nSPS) is 20.0. The maximum atomic E-state index is 11.7. The number of hydrogen-bond acceptors (Lipinski definition) is 5. The molecule has 21 heavy (non-hydrogen) atoms. The molecule has 0 radical (unpaired) electrons. The van der Waals surface area contributed by atoms with E-state index in [0.29, 0.717) is 25.3 Å². The molecule has 1 aliphatic heterocycles. The van der Waals surface area contributed by atoms with Crippen LogP contribution in [0.5, 0.6) is 0 Å². The zero-order valence-electron chi connectivity index (χ0n) is 12.2. The van der Waals surface area contributed by atoms with Gasteiger partial charge in [0.25, 0.3) is 0 Å². The highest BCUT2D eigenvalue weighted by atomic mass is 16.5. The van der Waals surface area contributed by atoms with Crippen molar-refractivity contribution in [1.82, 2.24) is 4.90 Å². The lowest BCUT2D eigenvalue weighted by Gasteiger charge is -2.32. The highest BCUT2D eigenvalue weighted by Gasteiger charge is 2.20. The molecule has 112 valence electrons. The fourth-order valence-corrected chi connectivity index (χ4v) is 2.78. The first-order valence-corrected chi connectivity index (χ1v) is 7.23. The summed E-state index contributed by atoms with van der Waals surface area (Å²) < 4.78 is 10.9. The number of rotatable bonds is 3. The van der Waals surface area contributed by atoms with E-state index in [4.69, 9.17) is 14.9 Å². The quantitative estimate of drug-likeness (QED) is 0.861. The average molecular weight is 288 g/mol. The SMILES string of the molecule is Cc1ccc2c(CN3CCOC(CN)C3)cc(=O)oc2c1. The van der Waals surface area contributed by atoms with E-state index in [0.717, 1.165) is 29.6 Å². The van der Waals surface area contributed by atoms with Crippen molar-refractivity contribution in [3.63, 3.8) is 0 Å². The van der Waals surface area contributed by atoms with Gasteiger partial charge in [-0.3, -0.25) is 4.90 Å². The predicted molar refractivity (Wildman–Crippen MR) is 81.3 cm³/mol. The molecule has 0 spiro atoms. The van der Waals surface area contributed by atoms with Gasteiger partial charge in [-0.2, -0.15) is 0 Å². The Morgan fingerprint density at radius 3 is 3.05 bits per heavy atom. The topological polar surface area (TPSA) is 68.7 Å². The van der Waals surface area contributed by atoms with Crippen LogP contribution in [0.2, 0.25) is 0 Å². The molecule has 0 aliphatic carbocycles. The summed E-state index contributed by atoms with van der Waals surface area (Å²) in [6, 6.07) is 7.55. The van der Waals surface area contributed by atoms with Gasteiger partial charge < -0.3 is 14.9 Å². The Balaban J connectivity index is 1.91. The first-order chi connectivity index (χ1) is 10.2. The summed E-state index contributed by atoms with van der Waals surface area (Å²) in [6.45, 7) is 5.55. The number of nitrogens with zero attached hydrogens (tertiary/aromatic N) is 1. The molecule has 1 fully saturated rings. The van der Waals surface area contributed by atoms with Crippen LogP contribution in [0.1, 0.15) is 11.1 Å². The van der Waals surface area contributed by atoms with Gasteiger partial charge in [0, 0.05) is 37.6 Å². The van der Waals surface area contributed by atoms with Crippen LogP contribution < -0.4 is 11.4 Å². The van der Waals surface area contributed by atoms with Gasteiger partial charge in [-0.1, -0.05) is 12.1 Å². The Morgan fingerprint density at radius 2 is 2.24 bits per heavy atom. The molecule has 5 heteroatoms. The van der Waals surface area contributed by atoms with Gasteiger partial charge in [0.1, 0.15) is 5.58 Å².